The lowest BCUT2D eigenvalue weighted by Gasteiger charge is -2.33. The highest BCUT2D eigenvalue weighted by molar-refractivity contribution is 7.14. The zero-order valence-corrected chi connectivity index (χ0v) is 12.8. The van der Waals surface area contributed by atoms with Crippen molar-refractivity contribution in [1.82, 2.24) is 4.98 Å². The van der Waals surface area contributed by atoms with Gasteiger partial charge >= 0.3 is 0 Å². The molecule has 2 N–H and O–H groups in total. The molecule has 0 bridgehead atoms. The van der Waals surface area contributed by atoms with Crippen LogP contribution in [0, 0.1) is 0 Å². The van der Waals surface area contributed by atoms with E-state index in [4.69, 9.17) is 4.74 Å². The highest BCUT2D eigenvalue weighted by Crippen LogP contribution is 2.36. The number of nitrogens with one attached hydrogen (secondary N) is 2. The third-order valence-electron chi connectivity index (χ3n) is 3.20. The Bertz CT molecular complexity index is 621. The molecule has 1 aliphatic rings. The van der Waals surface area contributed by atoms with E-state index in [9.17, 15) is 0 Å². The minimum absolute atomic E-state index is 0.159. The largest absolute Gasteiger partial charge is 0.484 e. The molecular formula is C15H19N3OS. The zero-order valence-electron chi connectivity index (χ0n) is 12.0. The van der Waals surface area contributed by atoms with Crippen LogP contribution in [0.4, 0.5) is 10.8 Å². The lowest BCUT2D eigenvalue weighted by atomic mass is 10.1. The maximum absolute atomic E-state index is 5.96. The van der Waals surface area contributed by atoms with Gasteiger partial charge in [0, 0.05) is 17.5 Å². The maximum Gasteiger partial charge on any atom is 0.183 e. The van der Waals surface area contributed by atoms with Gasteiger partial charge in [0.25, 0.3) is 0 Å². The van der Waals surface area contributed by atoms with E-state index in [-0.39, 0.29) is 5.60 Å². The average Bonchev–Trinajstić information content (AvgIpc) is 2.86. The molecule has 0 amide bonds. The number of rotatable bonds is 3. The Labute approximate surface area is 123 Å². The summed E-state index contributed by atoms with van der Waals surface area (Å²) >= 11 is 1.63. The quantitative estimate of drug-likeness (QED) is 0.901. The molecule has 1 aliphatic heterocycles. The molecule has 2 heterocycles. The molecule has 1 aromatic carbocycles. The Kier molecular flexibility index (Phi) is 3.30. The average molecular weight is 289 g/mol. The van der Waals surface area contributed by atoms with Crippen molar-refractivity contribution in [1.29, 1.82) is 0 Å². The van der Waals surface area contributed by atoms with Gasteiger partial charge < -0.3 is 15.4 Å². The molecule has 1 aromatic heterocycles. The van der Waals surface area contributed by atoms with Crippen molar-refractivity contribution in [2.45, 2.75) is 26.4 Å². The van der Waals surface area contributed by atoms with Gasteiger partial charge in [-0.15, -0.1) is 11.3 Å². The molecule has 0 atom stereocenters. The van der Waals surface area contributed by atoms with E-state index in [0.717, 1.165) is 40.9 Å². The summed E-state index contributed by atoms with van der Waals surface area (Å²) in [5.74, 6) is 0.909. The zero-order chi connectivity index (χ0) is 14.2. The predicted molar refractivity (Wildman–Crippen MR) is 84.9 cm³/mol. The molecule has 0 saturated heterocycles. The van der Waals surface area contributed by atoms with Crippen LogP contribution in [0.2, 0.25) is 0 Å². The molecule has 0 unspecified atom stereocenters. The molecule has 5 heteroatoms. The van der Waals surface area contributed by atoms with Crippen LogP contribution in [0.5, 0.6) is 5.75 Å². The lowest BCUT2D eigenvalue weighted by molar-refractivity contribution is 0.116. The molecule has 4 nitrogen and oxygen atoms in total. The molecule has 0 aliphatic carbocycles. The summed E-state index contributed by atoms with van der Waals surface area (Å²) in [4.78, 5) is 4.59. The fraction of sp³-hybridized carbons (Fsp3) is 0.400. The van der Waals surface area contributed by atoms with E-state index in [0.29, 0.717) is 0 Å². The van der Waals surface area contributed by atoms with Crippen molar-refractivity contribution in [2.75, 3.05) is 23.7 Å². The molecule has 0 fully saturated rings. The summed E-state index contributed by atoms with van der Waals surface area (Å²) in [6.45, 7) is 7.94. The summed E-state index contributed by atoms with van der Waals surface area (Å²) in [6, 6.07) is 6.19. The van der Waals surface area contributed by atoms with Crippen LogP contribution in [0.15, 0.2) is 23.6 Å². The lowest BCUT2D eigenvalue weighted by Crippen LogP contribution is -2.39. The standard InChI is InChI=1S/C15H19N3OS/c1-4-16-14-18-12(8-20-14)10-5-6-13-11(7-10)17-9-15(2,3)19-13/h5-8,17H,4,9H2,1-3H3,(H,16,18). The van der Waals surface area contributed by atoms with Crippen LogP contribution in [-0.2, 0) is 0 Å². The van der Waals surface area contributed by atoms with Crippen LogP contribution in [0.3, 0.4) is 0 Å². The molecule has 2 aromatic rings. The fourth-order valence-electron chi connectivity index (χ4n) is 2.20. The predicted octanol–water partition coefficient (Wildman–Crippen LogP) is 3.82. The highest BCUT2D eigenvalue weighted by atomic mass is 32.1. The van der Waals surface area contributed by atoms with Gasteiger partial charge in [-0.05, 0) is 39.0 Å². The maximum atomic E-state index is 5.96. The summed E-state index contributed by atoms with van der Waals surface area (Å²) in [5.41, 5.74) is 2.99. The van der Waals surface area contributed by atoms with E-state index in [1.165, 1.54) is 0 Å². The molecule has 0 saturated carbocycles. The van der Waals surface area contributed by atoms with Gasteiger partial charge in [0.05, 0.1) is 17.9 Å². The number of thiazole rings is 1. The number of ether oxygens (including phenoxy) is 1. The van der Waals surface area contributed by atoms with Crippen molar-refractivity contribution in [3.05, 3.63) is 23.6 Å². The SMILES string of the molecule is CCNc1nc(-c2ccc3c(c2)NCC(C)(C)O3)cs1. The number of aromatic nitrogens is 1. The van der Waals surface area contributed by atoms with E-state index < -0.39 is 0 Å². The second-order valence-electron chi connectivity index (χ2n) is 5.49. The van der Waals surface area contributed by atoms with Crippen molar-refractivity contribution in [3.63, 3.8) is 0 Å². The van der Waals surface area contributed by atoms with Crippen LogP contribution < -0.4 is 15.4 Å². The molecule has 0 spiro atoms. The van der Waals surface area contributed by atoms with E-state index >= 15 is 0 Å². The summed E-state index contributed by atoms with van der Waals surface area (Å²) in [6.07, 6.45) is 0. The first-order valence-electron chi connectivity index (χ1n) is 6.84. The molecule has 20 heavy (non-hydrogen) atoms. The fourth-order valence-corrected chi connectivity index (χ4v) is 2.99. The number of benzene rings is 1. The van der Waals surface area contributed by atoms with Gasteiger partial charge in [-0.25, -0.2) is 4.98 Å². The second-order valence-corrected chi connectivity index (χ2v) is 6.35. The summed E-state index contributed by atoms with van der Waals surface area (Å²) in [5, 5.41) is 9.71. The van der Waals surface area contributed by atoms with E-state index in [1.54, 1.807) is 11.3 Å². The Hall–Kier alpha value is -1.75. The smallest absolute Gasteiger partial charge is 0.183 e. The van der Waals surface area contributed by atoms with Gasteiger partial charge in [0.15, 0.2) is 5.13 Å². The first-order chi connectivity index (χ1) is 9.57. The third kappa shape index (κ3) is 2.58. The first-order valence-corrected chi connectivity index (χ1v) is 7.72. The van der Waals surface area contributed by atoms with Gasteiger partial charge in [0.2, 0.25) is 0 Å². The monoisotopic (exact) mass is 289 g/mol. The van der Waals surface area contributed by atoms with E-state index in [1.807, 2.05) is 6.07 Å². The van der Waals surface area contributed by atoms with Crippen LogP contribution in [0.25, 0.3) is 11.3 Å². The Morgan fingerprint density at radius 2 is 2.30 bits per heavy atom. The van der Waals surface area contributed by atoms with Crippen LogP contribution >= 0.6 is 11.3 Å². The minimum Gasteiger partial charge on any atom is -0.484 e. The highest BCUT2D eigenvalue weighted by Gasteiger charge is 2.26. The first kappa shape index (κ1) is 13.2. The van der Waals surface area contributed by atoms with Gasteiger partial charge in [-0.3, -0.25) is 0 Å². The number of fused-ring (bicyclic) bond motifs is 1. The van der Waals surface area contributed by atoms with Gasteiger partial charge in [0.1, 0.15) is 11.4 Å². The Morgan fingerprint density at radius 1 is 1.45 bits per heavy atom. The third-order valence-corrected chi connectivity index (χ3v) is 4.00. The number of hydrogen-bond donors (Lipinski definition) is 2. The second kappa shape index (κ2) is 4.98. The van der Waals surface area contributed by atoms with Gasteiger partial charge in [-0.1, -0.05) is 0 Å². The Morgan fingerprint density at radius 3 is 3.10 bits per heavy atom. The van der Waals surface area contributed by atoms with Crippen molar-refractivity contribution >= 4 is 22.2 Å². The van der Waals surface area contributed by atoms with E-state index in [2.05, 4.69) is 53.9 Å². The number of nitrogens with zero attached hydrogens (tertiary/aromatic N) is 1. The number of hydrogen-bond acceptors (Lipinski definition) is 5. The van der Waals surface area contributed by atoms with Crippen LogP contribution in [-0.4, -0.2) is 23.7 Å². The van der Waals surface area contributed by atoms with Crippen molar-refractivity contribution in [2.24, 2.45) is 0 Å². The normalized spacial score (nSPS) is 15.9. The summed E-state index contributed by atoms with van der Waals surface area (Å²) < 4.78 is 5.96. The minimum atomic E-state index is -0.159. The van der Waals surface area contributed by atoms with Crippen LogP contribution in [0.1, 0.15) is 20.8 Å². The number of anilines is 2. The topological polar surface area (TPSA) is 46.2 Å². The van der Waals surface area contributed by atoms with Crippen molar-refractivity contribution in [3.8, 4) is 17.0 Å². The molecule has 106 valence electrons. The molecular weight excluding hydrogens is 270 g/mol. The van der Waals surface area contributed by atoms with Gasteiger partial charge in [-0.2, -0.15) is 0 Å². The van der Waals surface area contributed by atoms with Crippen molar-refractivity contribution < 1.29 is 4.74 Å². The molecule has 0 radical (unpaired) electrons. The molecule has 3 rings (SSSR count). The Balaban J connectivity index is 1.88. The summed E-state index contributed by atoms with van der Waals surface area (Å²) in [7, 11) is 0.